The highest BCUT2D eigenvalue weighted by Crippen LogP contribution is 2.47. The number of methoxy groups -OCH3 is 1. The molecule has 0 N–H and O–H groups in total. The molecule has 0 radical (unpaired) electrons. The van der Waals surface area contributed by atoms with Crippen molar-refractivity contribution in [3.05, 3.63) is 16.1 Å². The molecular weight excluding hydrogens is 236 g/mol. The number of aryl methyl sites for hydroxylation is 1. The highest BCUT2D eigenvalue weighted by Gasteiger charge is 2.23. The summed E-state index contributed by atoms with van der Waals surface area (Å²) in [7, 11) is 1.62. The second-order valence-corrected chi connectivity index (χ2v) is 3.57. The van der Waals surface area contributed by atoms with E-state index in [4.69, 9.17) is 14.2 Å². The summed E-state index contributed by atoms with van der Waals surface area (Å²) in [5.74, 6) is 2.13. The molecule has 2 rings (SSSR count). The molecule has 1 heterocycles. The van der Waals surface area contributed by atoms with E-state index < -0.39 is 0 Å². The number of ether oxygens (including phenoxy) is 3. The van der Waals surface area contributed by atoms with Crippen molar-refractivity contribution in [3.63, 3.8) is 0 Å². The average molecular weight is 245 g/mol. The van der Waals surface area contributed by atoms with E-state index in [9.17, 15) is 0 Å². The van der Waals surface area contributed by atoms with Crippen LogP contribution >= 0.6 is 15.9 Å². The van der Waals surface area contributed by atoms with Crippen LogP contribution in [-0.4, -0.2) is 13.9 Å². The van der Waals surface area contributed by atoms with Crippen LogP contribution in [0, 0.1) is 6.92 Å². The van der Waals surface area contributed by atoms with Gasteiger partial charge in [0.25, 0.3) is 0 Å². The van der Waals surface area contributed by atoms with E-state index in [2.05, 4.69) is 15.9 Å². The highest BCUT2D eigenvalue weighted by atomic mass is 79.9. The van der Waals surface area contributed by atoms with Gasteiger partial charge in [0.15, 0.2) is 11.5 Å². The highest BCUT2D eigenvalue weighted by molar-refractivity contribution is 9.10. The first kappa shape index (κ1) is 8.69. The molecule has 0 spiro atoms. The largest absolute Gasteiger partial charge is 0.493 e. The Hall–Kier alpha value is -0.900. The van der Waals surface area contributed by atoms with Crippen molar-refractivity contribution < 1.29 is 14.2 Å². The molecule has 13 heavy (non-hydrogen) atoms. The molecule has 0 bridgehead atoms. The van der Waals surface area contributed by atoms with Gasteiger partial charge < -0.3 is 14.2 Å². The van der Waals surface area contributed by atoms with Crippen molar-refractivity contribution in [1.29, 1.82) is 0 Å². The molecule has 0 amide bonds. The number of hydrogen-bond acceptors (Lipinski definition) is 3. The number of halogens is 1. The molecule has 3 nitrogen and oxygen atoms in total. The lowest BCUT2D eigenvalue weighted by Crippen LogP contribution is -1.93. The molecule has 0 fully saturated rings. The van der Waals surface area contributed by atoms with E-state index in [1.807, 2.05) is 13.0 Å². The van der Waals surface area contributed by atoms with Gasteiger partial charge in [-0.3, -0.25) is 0 Å². The Bertz CT molecular complexity index is 349. The van der Waals surface area contributed by atoms with Crippen LogP contribution in [0.4, 0.5) is 0 Å². The minimum atomic E-state index is 0.258. The van der Waals surface area contributed by atoms with Crippen LogP contribution < -0.4 is 14.2 Å². The lowest BCUT2D eigenvalue weighted by Gasteiger charge is -2.07. The summed E-state index contributed by atoms with van der Waals surface area (Å²) in [4.78, 5) is 0. The standard InChI is InChI=1S/C9H9BrO3/c1-5-3-6(11-2)8-9(7(5)10)13-4-12-8/h3H,4H2,1-2H3. The van der Waals surface area contributed by atoms with Crippen molar-refractivity contribution in [1.82, 2.24) is 0 Å². The van der Waals surface area contributed by atoms with Gasteiger partial charge in [-0.05, 0) is 34.5 Å². The van der Waals surface area contributed by atoms with E-state index in [0.717, 1.165) is 15.8 Å². The van der Waals surface area contributed by atoms with Crippen LogP contribution in [0.15, 0.2) is 10.5 Å². The van der Waals surface area contributed by atoms with Gasteiger partial charge in [0.2, 0.25) is 12.5 Å². The van der Waals surface area contributed by atoms with Gasteiger partial charge >= 0.3 is 0 Å². The summed E-state index contributed by atoms with van der Waals surface area (Å²) in [6.45, 7) is 2.24. The van der Waals surface area contributed by atoms with Crippen molar-refractivity contribution >= 4 is 15.9 Å². The van der Waals surface area contributed by atoms with E-state index in [0.29, 0.717) is 11.5 Å². The fourth-order valence-corrected chi connectivity index (χ4v) is 1.69. The summed E-state index contributed by atoms with van der Waals surface area (Å²) >= 11 is 3.43. The summed E-state index contributed by atoms with van der Waals surface area (Å²) in [6.07, 6.45) is 0. The zero-order valence-electron chi connectivity index (χ0n) is 7.39. The second-order valence-electron chi connectivity index (χ2n) is 2.77. The lowest BCUT2D eigenvalue weighted by atomic mass is 10.2. The number of rotatable bonds is 1. The van der Waals surface area contributed by atoms with Crippen LogP contribution in [0.3, 0.4) is 0 Å². The van der Waals surface area contributed by atoms with Crippen molar-refractivity contribution in [3.8, 4) is 17.2 Å². The minimum absolute atomic E-state index is 0.258. The zero-order valence-corrected chi connectivity index (χ0v) is 8.97. The minimum Gasteiger partial charge on any atom is -0.493 e. The smallest absolute Gasteiger partial charge is 0.231 e. The Morgan fingerprint density at radius 1 is 1.38 bits per heavy atom. The monoisotopic (exact) mass is 244 g/mol. The van der Waals surface area contributed by atoms with Gasteiger partial charge in [0, 0.05) is 0 Å². The normalized spacial score (nSPS) is 13.2. The first-order valence-corrected chi connectivity index (χ1v) is 4.66. The van der Waals surface area contributed by atoms with Gasteiger partial charge in [-0.25, -0.2) is 0 Å². The molecule has 1 aromatic carbocycles. The first-order chi connectivity index (χ1) is 6.24. The summed E-state index contributed by atoms with van der Waals surface area (Å²) in [5.41, 5.74) is 1.07. The maximum Gasteiger partial charge on any atom is 0.231 e. The maximum absolute atomic E-state index is 5.30. The van der Waals surface area contributed by atoms with Crippen molar-refractivity contribution in [2.24, 2.45) is 0 Å². The van der Waals surface area contributed by atoms with Gasteiger partial charge in [0.05, 0.1) is 11.6 Å². The Kier molecular flexibility index (Phi) is 2.07. The summed E-state index contributed by atoms with van der Waals surface area (Å²) in [5, 5.41) is 0. The van der Waals surface area contributed by atoms with Crippen LogP contribution in [0.2, 0.25) is 0 Å². The molecule has 0 saturated carbocycles. The molecule has 0 unspecified atom stereocenters. The predicted molar refractivity (Wildman–Crippen MR) is 51.6 cm³/mol. The fourth-order valence-electron chi connectivity index (χ4n) is 1.28. The quantitative estimate of drug-likeness (QED) is 0.760. The predicted octanol–water partition coefficient (Wildman–Crippen LogP) is 2.49. The Labute approximate surface area is 84.7 Å². The number of hydrogen-bond donors (Lipinski definition) is 0. The number of benzene rings is 1. The van der Waals surface area contributed by atoms with Crippen LogP contribution in [0.25, 0.3) is 0 Å². The fraction of sp³-hybridized carbons (Fsp3) is 0.333. The number of fused-ring (bicyclic) bond motifs is 1. The maximum atomic E-state index is 5.30. The molecule has 0 aliphatic carbocycles. The summed E-state index contributed by atoms with van der Waals surface area (Å²) in [6, 6.07) is 1.91. The SMILES string of the molecule is COc1cc(C)c(Br)c2c1OCO2. The van der Waals surface area contributed by atoms with Crippen molar-refractivity contribution in [2.75, 3.05) is 13.9 Å². The molecule has 0 atom stereocenters. The van der Waals surface area contributed by atoms with E-state index >= 15 is 0 Å². The van der Waals surface area contributed by atoms with E-state index in [1.54, 1.807) is 7.11 Å². The molecule has 1 aliphatic rings. The molecule has 4 heteroatoms. The zero-order chi connectivity index (χ0) is 9.42. The third-order valence-electron chi connectivity index (χ3n) is 1.95. The average Bonchev–Trinajstić information content (AvgIpc) is 2.60. The summed E-state index contributed by atoms with van der Waals surface area (Å²) < 4.78 is 16.7. The van der Waals surface area contributed by atoms with Gasteiger partial charge in [0.1, 0.15) is 0 Å². The van der Waals surface area contributed by atoms with Crippen LogP contribution in [0.1, 0.15) is 5.56 Å². The second kappa shape index (κ2) is 3.10. The molecule has 1 aliphatic heterocycles. The van der Waals surface area contributed by atoms with Gasteiger partial charge in [-0.1, -0.05) is 0 Å². The van der Waals surface area contributed by atoms with E-state index in [-0.39, 0.29) is 6.79 Å². The van der Waals surface area contributed by atoms with Gasteiger partial charge in [-0.15, -0.1) is 0 Å². The topological polar surface area (TPSA) is 27.7 Å². The molecule has 1 aromatic rings. The first-order valence-electron chi connectivity index (χ1n) is 3.86. The Morgan fingerprint density at radius 2 is 2.08 bits per heavy atom. The molecule has 0 saturated heterocycles. The van der Waals surface area contributed by atoms with Gasteiger partial charge in [-0.2, -0.15) is 0 Å². The van der Waals surface area contributed by atoms with Crippen LogP contribution in [-0.2, 0) is 0 Å². The Balaban J connectivity index is 2.64. The van der Waals surface area contributed by atoms with E-state index in [1.165, 1.54) is 0 Å². The lowest BCUT2D eigenvalue weighted by molar-refractivity contribution is 0.170. The van der Waals surface area contributed by atoms with Crippen molar-refractivity contribution in [2.45, 2.75) is 6.92 Å². The third kappa shape index (κ3) is 1.25. The Morgan fingerprint density at radius 3 is 2.77 bits per heavy atom. The molecule has 70 valence electrons. The molecule has 0 aromatic heterocycles. The van der Waals surface area contributed by atoms with Crippen LogP contribution in [0.5, 0.6) is 17.2 Å². The molecular formula is C9H9BrO3. The third-order valence-corrected chi connectivity index (χ3v) is 2.94.